The largest absolute Gasteiger partial charge is 0.394 e. The van der Waals surface area contributed by atoms with Crippen molar-refractivity contribution in [1.82, 2.24) is 5.32 Å². The zero-order valence-corrected chi connectivity index (χ0v) is 43.8. The van der Waals surface area contributed by atoms with E-state index in [2.05, 4.69) is 55.6 Å². The van der Waals surface area contributed by atoms with Crippen LogP contribution in [-0.2, 0) is 23.7 Å². The van der Waals surface area contributed by atoms with Crippen molar-refractivity contribution in [2.45, 2.75) is 293 Å². The van der Waals surface area contributed by atoms with Gasteiger partial charge in [0.05, 0.1) is 32.0 Å². The van der Waals surface area contributed by atoms with Gasteiger partial charge in [-0.2, -0.15) is 0 Å². The van der Waals surface area contributed by atoms with E-state index >= 15 is 0 Å². The first-order valence-corrected chi connectivity index (χ1v) is 28.2. The van der Waals surface area contributed by atoms with E-state index in [0.29, 0.717) is 12.8 Å². The first-order valence-electron chi connectivity index (χ1n) is 28.2. The van der Waals surface area contributed by atoms with Crippen molar-refractivity contribution in [3.05, 3.63) is 36.5 Å². The maximum absolute atomic E-state index is 13.2. The molecule has 70 heavy (non-hydrogen) atoms. The molecule has 2 aliphatic rings. The quantitative estimate of drug-likeness (QED) is 0.0206. The van der Waals surface area contributed by atoms with Gasteiger partial charge in [0.25, 0.3) is 0 Å². The number of hydrogen-bond acceptors (Lipinski definition) is 13. The fraction of sp³-hybridized carbons (Fsp3) is 0.875. The second kappa shape index (κ2) is 42.6. The summed E-state index contributed by atoms with van der Waals surface area (Å²) in [4.78, 5) is 13.2. The lowest BCUT2D eigenvalue weighted by Gasteiger charge is -2.46. The fourth-order valence-electron chi connectivity index (χ4n) is 9.24. The average molecular weight is 998 g/mol. The number of unbranched alkanes of at least 4 members (excludes halogenated alkanes) is 25. The Morgan fingerprint density at radius 1 is 0.514 bits per heavy atom. The van der Waals surface area contributed by atoms with Gasteiger partial charge in [0, 0.05) is 6.42 Å². The minimum Gasteiger partial charge on any atom is -0.394 e. The van der Waals surface area contributed by atoms with Gasteiger partial charge in [-0.05, 0) is 51.4 Å². The number of allylic oxidation sites excluding steroid dienone is 6. The number of aliphatic hydroxyl groups excluding tert-OH is 8. The minimum absolute atomic E-state index is 0.219. The van der Waals surface area contributed by atoms with Crippen LogP contribution in [0.25, 0.3) is 0 Å². The zero-order chi connectivity index (χ0) is 51.0. The molecule has 0 aliphatic carbocycles. The Balaban J connectivity index is 1.79. The van der Waals surface area contributed by atoms with Crippen LogP contribution in [0.1, 0.15) is 219 Å². The summed E-state index contributed by atoms with van der Waals surface area (Å²) >= 11 is 0. The standard InChI is InChI=1S/C56H103NO13/c1-3-5-7-9-11-13-15-17-19-20-21-22-23-24-26-28-30-32-34-36-38-40-48(61)57-44(45(60)39-37-35-33-31-29-27-25-18-16-14-12-10-8-6-4-2)43-67-55-53(66)51(64)54(47(42-59)69-55)70-56-52(65)50(63)49(62)46(41-58)68-56/h15,17,20-21,23-24,44-47,49-56,58-60,62-66H,3-14,16,18-19,22,25-43H2,1-2H3,(H,57,61)/b17-15-,21-20-,24-23-. The van der Waals surface area contributed by atoms with Crippen molar-refractivity contribution in [3.63, 3.8) is 0 Å². The first kappa shape index (κ1) is 64.3. The molecule has 12 atom stereocenters. The molecule has 0 radical (unpaired) electrons. The van der Waals surface area contributed by atoms with Crippen molar-refractivity contribution < 1.29 is 64.6 Å². The maximum atomic E-state index is 13.2. The number of rotatable bonds is 44. The molecule has 14 nitrogen and oxygen atoms in total. The predicted octanol–water partition coefficient (Wildman–Crippen LogP) is 8.66. The number of hydrogen-bond donors (Lipinski definition) is 9. The molecule has 0 aromatic carbocycles. The van der Waals surface area contributed by atoms with Crippen LogP contribution < -0.4 is 5.32 Å². The Kier molecular flexibility index (Phi) is 39.1. The van der Waals surface area contributed by atoms with Crippen molar-refractivity contribution in [1.29, 1.82) is 0 Å². The van der Waals surface area contributed by atoms with Crippen LogP contribution in [0.15, 0.2) is 36.5 Å². The van der Waals surface area contributed by atoms with Crippen LogP contribution in [-0.4, -0.2) is 140 Å². The average Bonchev–Trinajstić information content (AvgIpc) is 3.36. The Bertz CT molecular complexity index is 1320. The van der Waals surface area contributed by atoms with Gasteiger partial charge in [-0.1, -0.05) is 198 Å². The lowest BCUT2D eigenvalue weighted by molar-refractivity contribution is -0.359. The minimum atomic E-state index is -1.78. The molecule has 2 heterocycles. The van der Waals surface area contributed by atoms with Crippen molar-refractivity contribution in [2.24, 2.45) is 0 Å². The smallest absolute Gasteiger partial charge is 0.220 e. The molecule has 2 rings (SSSR count). The lowest BCUT2D eigenvalue weighted by atomic mass is 9.97. The Morgan fingerprint density at radius 2 is 0.943 bits per heavy atom. The highest BCUT2D eigenvalue weighted by Crippen LogP contribution is 2.30. The van der Waals surface area contributed by atoms with E-state index < -0.39 is 86.8 Å². The molecule has 9 N–H and O–H groups in total. The number of carbonyl (C=O) groups excluding carboxylic acids is 1. The predicted molar refractivity (Wildman–Crippen MR) is 277 cm³/mol. The Morgan fingerprint density at radius 3 is 1.44 bits per heavy atom. The fourth-order valence-corrected chi connectivity index (χ4v) is 9.24. The molecular weight excluding hydrogens is 895 g/mol. The highest BCUT2D eigenvalue weighted by Gasteiger charge is 2.51. The Labute approximate surface area is 423 Å². The number of amides is 1. The summed E-state index contributed by atoms with van der Waals surface area (Å²) in [7, 11) is 0. The summed E-state index contributed by atoms with van der Waals surface area (Å²) in [5.74, 6) is -0.219. The van der Waals surface area contributed by atoms with Gasteiger partial charge < -0.3 is 65.1 Å². The maximum Gasteiger partial charge on any atom is 0.220 e. The van der Waals surface area contributed by atoms with Crippen molar-refractivity contribution >= 4 is 5.91 Å². The topological polar surface area (TPSA) is 228 Å². The molecule has 0 aromatic heterocycles. The molecule has 0 saturated carbocycles. The van der Waals surface area contributed by atoms with Crippen LogP contribution in [0.4, 0.5) is 0 Å². The summed E-state index contributed by atoms with van der Waals surface area (Å²) in [6.07, 6.45) is 32.8. The van der Waals surface area contributed by atoms with E-state index in [-0.39, 0.29) is 18.9 Å². The van der Waals surface area contributed by atoms with Crippen LogP contribution in [0.2, 0.25) is 0 Å². The molecule has 0 aromatic rings. The third-order valence-corrected chi connectivity index (χ3v) is 13.9. The molecule has 0 spiro atoms. The molecule has 14 heteroatoms. The molecule has 2 saturated heterocycles. The summed E-state index contributed by atoms with van der Waals surface area (Å²) < 4.78 is 22.8. The summed E-state index contributed by atoms with van der Waals surface area (Å²) in [6.45, 7) is 2.84. The van der Waals surface area contributed by atoms with Crippen LogP contribution in [0.5, 0.6) is 0 Å². The first-order chi connectivity index (χ1) is 34.1. The number of carbonyl (C=O) groups is 1. The van der Waals surface area contributed by atoms with Crippen molar-refractivity contribution in [3.8, 4) is 0 Å². The summed E-state index contributed by atoms with van der Waals surface area (Å²) in [5, 5.41) is 87.1. The van der Waals surface area contributed by atoms with E-state index in [1.54, 1.807) is 0 Å². The third kappa shape index (κ3) is 28.6. The van der Waals surface area contributed by atoms with Crippen LogP contribution in [0, 0.1) is 0 Å². The Hall–Kier alpha value is -1.79. The zero-order valence-electron chi connectivity index (χ0n) is 43.8. The second-order valence-electron chi connectivity index (χ2n) is 20.1. The van der Waals surface area contributed by atoms with E-state index in [0.717, 1.165) is 77.0 Å². The van der Waals surface area contributed by atoms with Gasteiger partial charge >= 0.3 is 0 Å². The molecule has 12 unspecified atom stereocenters. The van der Waals surface area contributed by atoms with Gasteiger partial charge in [0.15, 0.2) is 12.6 Å². The highest BCUT2D eigenvalue weighted by molar-refractivity contribution is 5.76. The van der Waals surface area contributed by atoms with Crippen LogP contribution >= 0.6 is 0 Å². The number of nitrogens with one attached hydrogen (secondary N) is 1. The summed E-state index contributed by atoms with van der Waals surface area (Å²) in [6, 6.07) is -0.835. The van der Waals surface area contributed by atoms with E-state index in [4.69, 9.17) is 18.9 Å². The van der Waals surface area contributed by atoms with Gasteiger partial charge in [0.1, 0.15) is 48.8 Å². The van der Waals surface area contributed by atoms with E-state index in [1.165, 1.54) is 109 Å². The van der Waals surface area contributed by atoms with E-state index in [9.17, 15) is 45.6 Å². The number of aliphatic hydroxyl groups is 8. The summed E-state index contributed by atoms with van der Waals surface area (Å²) in [5.41, 5.74) is 0. The monoisotopic (exact) mass is 998 g/mol. The molecule has 2 aliphatic heterocycles. The normalized spacial score (nSPS) is 26.2. The van der Waals surface area contributed by atoms with Gasteiger partial charge in [-0.25, -0.2) is 0 Å². The molecular formula is C56H103NO13. The van der Waals surface area contributed by atoms with Crippen molar-refractivity contribution in [2.75, 3.05) is 19.8 Å². The molecule has 2 fully saturated rings. The molecule has 0 bridgehead atoms. The van der Waals surface area contributed by atoms with Gasteiger partial charge in [-0.3, -0.25) is 4.79 Å². The van der Waals surface area contributed by atoms with Crippen LogP contribution in [0.3, 0.4) is 0 Å². The lowest BCUT2D eigenvalue weighted by Crippen LogP contribution is -2.65. The van der Waals surface area contributed by atoms with Gasteiger partial charge in [-0.15, -0.1) is 0 Å². The molecule has 410 valence electrons. The third-order valence-electron chi connectivity index (χ3n) is 13.9. The van der Waals surface area contributed by atoms with E-state index in [1.807, 2.05) is 0 Å². The van der Waals surface area contributed by atoms with Gasteiger partial charge in [0.2, 0.25) is 5.91 Å². The second-order valence-corrected chi connectivity index (χ2v) is 20.1. The molecule has 1 amide bonds. The highest BCUT2D eigenvalue weighted by atomic mass is 16.7. The SMILES string of the molecule is CCCCCCC/C=C\C/C=C\C/C=C\CCCCCCCCC(=O)NC(COC1OC(CO)C(OC2OC(CO)C(O)C(O)C2O)C(O)C1O)C(O)CCCCCCCCCCCCCCCCC. The number of ether oxygens (including phenoxy) is 4.